The van der Waals surface area contributed by atoms with Crippen LogP contribution in [0.3, 0.4) is 0 Å². The van der Waals surface area contributed by atoms with Gasteiger partial charge in [0.25, 0.3) is 0 Å². The molecule has 1 aliphatic rings. The maximum atomic E-state index is 5.28. The van der Waals surface area contributed by atoms with Gasteiger partial charge in [0, 0.05) is 6.04 Å². The van der Waals surface area contributed by atoms with Crippen molar-refractivity contribution in [3.05, 3.63) is 29.8 Å². The lowest BCUT2D eigenvalue weighted by atomic mass is 9.83. The maximum Gasteiger partial charge on any atom is 0.119 e. The van der Waals surface area contributed by atoms with E-state index in [2.05, 4.69) is 37.4 Å². The molecule has 1 fully saturated rings. The predicted octanol–water partition coefficient (Wildman–Crippen LogP) is 4.17. The average molecular weight is 261 g/mol. The minimum absolute atomic E-state index is 0.398. The topological polar surface area (TPSA) is 21.3 Å². The van der Waals surface area contributed by atoms with E-state index >= 15 is 0 Å². The molecule has 1 saturated carbocycles. The standard InChI is InChI=1S/C17H27NO/c1-13-7-9-15(10-8-13)12-18-14(2)16-5-4-6-17(11-16)19-3/h4-6,11,13-15,18H,7-10,12H2,1-3H3. The molecule has 0 aromatic heterocycles. The molecule has 0 amide bonds. The van der Waals surface area contributed by atoms with Crippen molar-refractivity contribution in [1.82, 2.24) is 5.32 Å². The van der Waals surface area contributed by atoms with Crippen LogP contribution in [-0.2, 0) is 0 Å². The molecule has 1 atom stereocenters. The first-order chi connectivity index (χ1) is 9.19. The summed E-state index contributed by atoms with van der Waals surface area (Å²) in [5.41, 5.74) is 1.31. The molecule has 1 aliphatic carbocycles. The molecule has 2 rings (SSSR count). The summed E-state index contributed by atoms with van der Waals surface area (Å²) in [6.07, 6.45) is 5.58. The number of ether oxygens (including phenoxy) is 1. The molecular weight excluding hydrogens is 234 g/mol. The zero-order chi connectivity index (χ0) is 13.7. The van der Waals surface area contributed by atoms with Gasteiger partial charge >= 0.3 is 0 Å². The molecule has 0 aliphatic heterocycles. The quantitative estimate of drug-likeness (QED) is 0.859. The number of nitrogens with one attached hydrogen (secondary N) is 1. The van der Waals surface area contributed by atoms with Gasteiger partial charge in [0.05, 0.1) is 7.11 Å². The van der Waals surface area contributed by atoms with Crippen molar-refractivity contribution in [2.45, 2.75) is 45.6 Å². The molecule has 2 heteroatoms. The molecule has 0 bridgehead atoms. The molecule has 0 radical (unpaired) electrons. The Morgan fingerprint density at radius 1 is 1.26 bits per heavy atom. The van der Waals surface area contributed by atoms with Gasteiger partial charge in [-0.1, -0.05) is 31.9 Å². The summed E-state index contributed by atoms with van der Waals surface area (Å²) in [4.78, 5) is 0. The molecule has 0 saturated heterocycles. The van der Waals surface area contributed by atoms with Gasteiger partial charge in [-0.05, 0) is 55.8 Å². The summed E-state index contributed by atoms with van der Waals surface area (Å²) in [7, 11) is 1.72. The second-order valence-electron chi connectivity index (χ2n) is 6.03. The van der Waals surface area contributed by atoms with Crippen LogP contribution in [0.15, 0.2) is 24.3 Å². The van der Waals surface area contributed by atoms with Gasteiger partial charge in [-0.15, -0.1) is 0 Å². The summed E-state index contributed by atoms with van der Waals surface area (Å²) < 4.78 is 5.28. The molecule has 1 aromatic rings. The van der Waals surface area contributed by atoms with E-state index in [1.807, 2.05) is 6.07 Å². The molecule has 2 nitrogen and oxygen atoms in total. The molecule has 106 valence electrons. The maximum absolute atomic E-state index is 5.28. The Hall–Kier alpha value is -1.02. The third-order valence-corrected chi connectivity index (χ3v) is 4.44. The van der Waals surface area contributed by atoms with E-state index in [0.717, 1.165) is 24.1 Å². The summed E-state index contributed by atoms with van der Waals surface area (Å²) in [6.45, 7) is 5.76. The van der Waals surface area contributed by atoms with Gasteiger partial charge in [0.1, 0.15) is 5.75 Å². The lowest BCUT2D eigenvalue weighted by molar-refractivity contribution is 0.276. The fraction of sp³-hybridized carbons (Fsp3) is 0.647. The Morgan fingerprint density at radius 3 is 2.68 bits per heavy atom. The molecule has 0 spiro atoms. The molecule has 0 heterocycles. The fourth-order valence-electron chi connectivity index (χ4n) is 2.91. The Bertz CT molecular complexity index is 383. The van der Waals surface area contributed by atoms with E-state index in [1.54, 1.807) is 7.11 Å². The van der Waals surface area contributed by atoms with Crippen molar-refractivity contribution in [2.24, 2.45) is 11.8 Å². The van der Waals surface area contributed by atoms with Crippen LogP contribution in [0.1, 0.15) is 51.1 Å². The number of hydrogen-bond acceptors (Lipinski definition) is 2. The van der Waals surface area contributed by atoms with Crippen LogP contribution in [0.5, 0.6) is 5.75 Å². The minimum atomic E-state index is 0.398. The Balaban J connectivity index is 1.81. The first-order valence-corrected chi connectivity index (χ1v) is 7.56. The zero-order valence-corrected chi connectivity index (χ0v) is 12.5. The summed E-state index contributed by atoms with van der Waals surface area (Å²) in [5.74, 6) is 2.74. The van der Waals surface area contributed by atoms with Crippen LogP contribution in [0.4, 0.5) is 0 Å². The van der Waals surface area contributed by atoms with Crippen molar-refractivity contribution < 1.29 is 4.74 Å². The third kappa shape index (κ3) is 4.24. The Morgan fingerprint density at radius 2 is 2.00 bits per heavy atom. The van der Waals surface area contributed by atoms with Gasteiger partial charge in [-0.25, -0.2) is 0 Å². The van der Waals surface area contributed by atoms with Crippen LogP contribution < -0.4 is 10.1 Å². The first kappa shape index (κ1) is 14.4. The average Bonchev–Trinajstić information content (AvgIpc) is 2.46. The fourth-order valence-corrected chi connectivity index (χ4v) is 2.91. The monoisotopic (exact) mass is 261 g/mol. The largest absolute Gasteiger partial charge is 0.497 e. The number of methoxy groups -OCH3 is 1. The van der Waals surface area contributed by atoms with E-state index in [1.165, 1.54) is 31.2 Å². The van der Waals surface area contributed by atoms with Gasteiger partial charge in [0.15, 0.2) is 0 Å². The van der Waals surface area contributed by atoms with Crippen LogP contribution in [0.25, 0.3) is 0 Å². The smallest absolute Gasteiger partial charge is 0.119 e. The van der Waals surface area contributed by atoms with Crippen molar-refractivity contribution in [3.63, 3.8) is 0 Å². The zero-order valence-electron chi connectivity index (χ0n) is 12.5. The van der Waals surface area contributed by atoms with E-state index in [4.69, 9.17) is 4.74 Å². The number of hydrogen-bond donors (Lipinski definition) is 1. The van der Waals surface area contributed by atoms with E-state index < -0.39 is 0 Å². The van der Waals surface area contributed by atoms with Gasteiger partial charge < -0.3 is 10.1 Å². The third-order valence-electron chi connectivity index (χ3n) is 4.44. The number of rotatable bonds is 5. The van der Waals surface area contributed by atoms with Crippen molar-refractivity contribution >= 4 is 0 Å². The normalized spacial score (nSPS) is 25.0. The highest BCUT2D eigenvalue weighted by Gasteiger charge is 2.18. The van der Waals surface area contributed by atoms with Crippen LogP contribution in [0.2, 0.25) is 0 Å². The van der Waals surface area contributed by atoms with Gasteiger partial charge in [-0.2, -0.15) is 0 Å². The molecule has 19 heavy (non-hydrogen) atoms. The summed E-state index contributed by atoms with van der Waals surface area (Å²) >= 11 is 0. The van der Waals surface area contributed by atoms with Crippen LogP contribution >= 0.6 is 0 Å². The van der Waals surface area contributed by atoms with Crippen molar-refractivity contribution in [1.29, 1.82) is 0 Å². The number of benzene rings is 1. The first-order valence-electron chi connectivity index (χ1n) is 7.56. The highest BCUT2D eigenvalue weighted by molar-refractivity contribution is 5.30. The Kier molecular flexibility index (Phi) is 5.26. The molecule has 1 unspecified atom stereocenters. The summed E-state index contributed by atoms with van der Waals surface area (Å²) in [6, 6.07) is 8.76. The SMILES string of the molecule is COc1cccc(C(C)NCC2CCC(C)CC2)c1. The lowest BCUT2D eigenvalue weighted by Gasteiger charge is -2.27. The molecule has 1 aromatic carbocycles. The van der Waals surface area contributed by atoms with Crippen molar-refractivity contribution in [2.75, 3.05) is 13.7 Å². The van der Waals surface area contributed by atoms with E-state index in [9.17, 15) is 0 Å². The second-order valence-corrected chi connectivity index (χ2v) is 6.03. The minimum Gasteiger partial charge on any atom is -0.497 e. The van der Waals surface area contributed by atoms with E-state index in [0.29, 0.717) is 6.04 Å². The highest BCUT2D eigenvalue weighted by atomic mass is 16.5. The highest BCUT2D eigenvalue weighted by Crippen LogP contribution is 2.28. The second kappa shape index (κ2) is 6.95. The lowest BCUT2D eigenvalue weighted by Crippen LogP contribution is -2.28. The van der Waals surface area contributed by atoms with E-state index in [-0.39, 0.29) is 0 Å². The Labute approximate surface area is 117 Å². The van der Waals surface area contributed by atoms with Gasteiger partial charge in [0.2, 0.25) is 0 Å². The predicted molar refractivity (Wildman–Crippen MR) is 80.5 cm³/mol. The molecular formula is C17H27NO. The summed E-state index contributed by atoms with van der Waals surface area (Å²) in [5, 5.41) is 3.68. The van der Waals surface area contributed by atoms with Crippen LogP contribution in [-0.4, -0.2) is 13.7 Å². The van der Waals surface area contributed by atoms with Crippen LogP contribution in [0, 0.1) is 11.8 Å². The van der Waals surface area contributed by atoms with Crippen molar-refractivity contribution in [3.8, 4) is 5.75 Å². The van der Waals surface area contributed by atoms with Gasteiger partial charge in [-0.3, -0.25) is 0 Å². The molecule has 1 N–H and O–H groups in total.